The maximum atomic E-state index is 13.0. The van der Waals surface area contributed by atoms with Crippen molar-refractivity contribution in [3.05, 3.63) is 59.7 Å². The molecule has 0 heterocycles. The molecule has 0 saturated carbocycles. The number of carboxylic acid groups (broad SMARTS) is 1. The van der Waals surface area contributed by atoms with Gasteiger partial charge in [-0.2, -0.15) is 8.78 Å². The Labute approximate surface area is 142 Å². The lowest BCUT2D eigenvalue weighted by molar-refractivity contribution is -0.163. The minimum Gasteiger partial charge on any atom is -0.477 e. The second-order valence-electron chi connectivity index (χ2n) is 5.69. The van der Waals surface area contributed by atoms with Crippen LogP contribution in [-0.2, 0) is 9.53 Å². The molecule has 0 saturated heterocycles. The van der Waals surface area contributed by atoms with Crippen molar-refractivity contribution in [3.8, 4) is 11.1 Å². The van der Waals surface area contributed by atoms with Crippen LogP contribution in [0.15, 0.2) is 48.5 Å². The van der Waals surface area contributed by atoms with Crippen LogP contribution in [0.3, 0.4) is 0 Å². The molecule has 2 aromatic carbocycles. The molecule has 7 heteroatoms. The van der Waals surface area contributed by atoms with Crippen LogP contribution >= 0.6 is 0 Å². The van der Waals surface area contributed by atoms with E-state index in [0.717, 1.165) is 22.3 Å². The second-order valence-corrected chi connectivity index (χ2v) is 5.69. The van der Waals surface area contributed by atoms with Gasteiger partial charge in [0.2, 0.25) is 0 Å². The second kappa shape index (κ2) is 6.51. The molecule has 0 radical (unpaired) electrons. The van der Waals surface area contributed by atoms with Crippen LogP contribution in [0.4, 0.5) is 13.6 Å². The molecule has 1 aliphatic carbocycles. The van der Waals surface area contributed by atoms with Crippen molar-refractivity contribution in [2.24, 2.45) is 0 Å². The Kier molecular flexibility index (Phi) is 4.39. The Hall–Kier alpha value is -2.96. The molecule has 3 rings (SSSR count). The van der Waals surface area contributed by atoms with Gasteiger partial charge in [0.1, 0.15) is 6.61 Å². The lowest BCUT2D eigenvalue weighted by Gasteiger charge is -2.16. The number of aliphatic carboxylic acids is 1. The Morgan fingerprint density at radius 3 is 2.08 bits per heavy atom. The summed E-state index contributed by atoms with van der Waals surface area (Å²) in [6, 6.07) is 15.4. The highest BCUT2D eigenvalue weighted by molar-refractivity contribution is 5.79. The van der Waals surface area contributed by atoms with Crippen molar-refractivity contribution in [1.29, 1.82) is 0 Å². The smallest absolute Gasteiger partial charge is 0.407 e. The third-order valence-corrected chi connectivity index (χ3v) is 4.11. The Morgan fingerprint density at radius 1 is 1.04 bits per heavy atom. The number of hydrogen-bond donors (Lipinski definition) is 2. The van der Waals surface area contributed by atoms with Crippen LogP contribution in [0, 0.1) is 0 Å². The number of hydrogen-bond acceptors (Lipinski definition) is 3. The molecule has 0 aromatic heterocycles. The van der Waals surface area contributed by atoms with E-state index < -0.39 is 24.5 Å². The summed E-state index contributed by atoms with van der Waals surface area (Å²) >= 11 is 0. The molecule has 0 spiro atoms. The average molecular weight is 347 g/mol. The van der Waals surface area contributed by atoms with E-state index in [1.165, 1.54) is 0 Å². The number of carbonyl (C=O) groups excluding carboxylic acids is 1. The fourth-order valence-electron chi connectivity index (χ4n) is 2.91. The maximum Gasteiger partial charge on any atom is 0.407 e. The van der Waals surface area contributed by atoms with Crippen molar-refractivity contribution < 1.29 is 28.2 Å². The summed E-state index contributed by atoms with van der Waals surface area (Å²) in [5.41, 5.74) is 4.08. The van der Waals surface area contributed by atoms with Gasteiger partial charge in [0.25, 0.3) is 0 Å². The first-order valence-electron chi connectivity index (χ1n) is 7.60. The molecule has 0 bridgehead atoms. The van der Waals surface area contributed by atoms with Crippen LogP contribution in [-0.4, -0.2) is 36.2 Å². The number of amides is 1. The minimum atomic E-state index is -4.04. The summed E-state index contributed by atoms with van der Waals surface area (Å²) in [6.07, 6.45) is -1.08. The number of benzene rings is 2. The van der Waals surface area contributed by atoms with Gasteiger partial charge in [-0.05, 0) is 22.3 Å². The van der Waals surface area contributed by atoms with Gasteiger partial charge in [0, 0.05) is 5.92 Å². The van der Waals surface area contributed by atoms with Crippen LogP contribution in [0.1, 0.15) is 17.0 Å². The molecule has 0 unspecified atom stereocenters. The predicted molar refractivity (Wildman–Crippen MR) is 85.7 cm³/mol. The third kappa shape index (κ3) is 3.31. The fraction of sp³-hybridized carbons (Fsp3) is 0.222. The summed E-state index contributed by atoms with van der Waals surface area (Å²) in [5, 5.41) is 10.1. The highest BCUT2D eigenvalue weighted by Gasteiger charge is 2.39. The largest absolute Gasteiger partial charge is 0.477 e. The summed E-state index contributed by atoms with van der Waals surface area (Å²) in [5.74, 6) is -6.53. The number of halogens is 2. The molecular weight excluding hydrogens is 332 g/mol. The standard InChI is InChI=1S/C18H15F2NO4/c19-18(20,16(22)23)10-21-17(24)25-9-15-13-7-3-1-5-11(13)12-6-2-4-8-14(12)15/h1-8,15H,9-10H2,(H,21,24)(H,22,23). The van der Waals surface area contributed by atoms with Crippen LogP contribution in [0.5, 0.6) is 0 Å². The maximum absolute atomic E-state index is 13.0. The van der Waals surface area contributed by atoms with Gasteiger partial charge in [0.05, 0.1) is 6.54 Å². The number of nitrogens with one attached hydrogen (secondary N) is 1. The Balaban J connectivity index is 1.68. The van der Waals surface area contributed by atoms with E-state index >= 15 is 0 Å². The summed E-state index contributed by atoms with van der Waals surface area (Å²) in [6.45, 7) is -1.35. The van der Waals surface area contributed by atoms with Gasteiger partial charge in [-0.1, -0.05) is 48.5 Å². The third-order valence-electron chi connectivity index (χ3n) is 4.11. The van der Waals surface area contributed by atoms with E-state index in [2.05, 4.69) is 0 Å². The minimum absolute atomic E-state index is 0.0293. The highest BCUT2D eigenvalue weighted by Crippen LogP contribution is 2.44. The van der Waals surface area contributed by atoms with Gasteiger partial charge in [-0.15, -0.1) is 0 Å². The van der Waals surface area contributed by atoms with E-state index in [0.29, 0.717) is 0 Å². The monoisotopic (exact) mass is 347 g/mol. The summed E-state index contributed by atoms with van der Waals surface area (Å²) < 4.78 is 31.0. The highest BCUT2D eigenvalue weighted by atomic mass is 19.3. The molecule has 0 fully saturated rings. The molecule has 0 atom stereocenters. The zero-order valence-electron chi connectivity index (χ0n) is 13.0. The van der Waals surface area contributed by atoms with Crippen molar-refractivity contribution in [2.45, 2.75) is 11.8 Å². The lowest BCUT2D eigenvalue weighted by Crippen LogP contribution is -2.42. The number of fused-ring (bicyclic) bond motifs is 3. The van der Waals surface area contributed by atoms with Gasteiger partial charge < -0.3 is 15.2 Å². The average Bonchev–Trinajstić information content (AvgIpc) is 2.92. The van der Waals surface area contributed by atoms with Gasteiger partial charge >= 0.3 is 18.0 Å². The quantitative estimate of drug-likeness (QED) is 0.871. The zero-order valence-corrected chi connectivity index (χ0v) is 13.0. The van der Waals surface area contributed by atoms with E-state index in [9.17, 15) is 18.4 Å². The number of rotatable bonds is 5. The summed E-state index contributed by atoms with van der Waals surface area (Å²) in [4.78, 5) is 22.0. The normalized spacial score (nSPS) is 13.0. The van der Waals surface area contributed by atoms with E-state index in [1.54, 1.807) is 5.32 Å². The van der Waals surface area contributed by atoms with E-state index in [4.69, 9.17) is 9.84 Å². The first kappa shape index (κ1) is 16.9. The van der Waals surface area contributed by atoms with Crippen molar-refractivity contribution >= 4 is 12.1 Å². The van der Waals surface area contributed by atoms with Crippen molar-refractivity contribution in [2.75, 3.05) is 13.2 Å². The molecule has 1 amide bonds. The molecule has 5 nitrogen and oxygen atoms in total. The van der Waals surface area contributed by atoms with Gasteiger partial charge in [-0.3, -0.25) is 0 Å². The molecule has 130 valence electrons. The molecule has 1 aliphatic rings. The SMILES string of the molecule is O=C(NCC(F)(F)C(=O)O)OCC1c2ccccc2-c2ccccc21. The van der Waals surface area contributed by atoms with Crippen molar-refractivity contribution in [3.63, 3.8) is 0 Å². The first-order valence-corrected chi connectivity index (χ1v) is 7.60. The first-order chi connectivity index (χ1) is 11.9. The van der Waals surface area contributed by atoms with Crippen molar-refractivity contribution in [1.82, 2.24) is 5.32 Å². The number of alkyl halides is 2. The molecule has 2 N–H and O–H groups in total. The van der Waals surface area contributed by atoms with Crippen LogP contribution < -0.4 is 5.32 Å². The molecule has 25 heavy (non-hydrogen) atoms. The molecule has 2 aromatic rings. The van der Waals surface area contributed by atoms with Gasteiger partial charge in [0.15, 0.2) is 0 Å². The Bertz CT molecular complexity index is 777. The number of carbonyl (C=O) groups is 2. The number of alkyl carbamates (subject to hydrolysis) is 1. The zero-order chi connectivity index (χ0) is 18.0. The summed E-state index contributed by atoms with van der Waals surface area (Å²) in [7, 11) is 0. The topological polar surface area (TPSA) is 75.6 Å². The van der Waals surface area contributed by atoms with Gasteiger partial charge in [-0.25, -0.2) is 9.59 Å². The fourth-order valence-corrected chi connectivity index (χ4v) is 2.91. The number of ether oxygens (including phenoxy) is 1. The van der Waals surface area contributed by atoms with Crippen LogP contribution in [0.25, 0.3) is 11.1 Å². The van der Waals surface area contributed by atoms with E-state index in [-0.39, 0.29) is 12.5 Å². The molecular formula is C18H15F2NO4. The van der Waals surface area contributed by atoms with E-state index in [1.807, 2.05) is 48.5 Å². The molecule has 0 aliphatic heterocycles. The lowest BCUT2D eigenvalue weighted by atomic mass is 9.98. The Morgan fingerprint density at radius 2 is 1.56 bits per heavy atom. The predicted octanol–water partition coefficient (Wildman–Crippen LogP) is 3.25. The van der Waals surface area contributed by atoms with Crippen LogP contribution in [0.2, 0.25) is 0 Å². The number of carboxylic acids is 1.